The number of Topliss-reactive ketones (excluding diaryl/α,β-unsaturated/α-hetero) is 2. The molecule has 0 heterocycles. The van der Waals surface area contributed by atoms with Crippen LogP contribution < -0.4 is 31.2 Å². The van der Waals surface area contributed by atoms with Crippen LogP contribution in [0.4, 0.5) is 0 Å². The normalized spacial score (nSPS) is 12.2. The fourth-order valence-corrected chi connectivity index (χ4v) is 5.69. The van der Waals surface area contributed by atoms with Crippen LogP contribution in [0.3, 0.4) is 0 Å². The molecule has 0 aliphatic carbocycles. The van der Waals surface area contributed by atoms with Gasteiger partial charge in [0.2, 0.25) is 0 Å². The first kappa shape index (κ1) is 61.1. The molecule has 3 unspecified atom stereocenters. The molecule has 0 saturated heterocycles. The van der Waals surface area contributed by atoms with Crippen molar-refractivity contribution in [2.24, 2.45) is 11.8 Å². The van der Waals surface area contributed by atoms with Gasteiger partial charge in [0.05, 0.1) is 26.9 Å². The molecule has 0 aromatic heterocycles. The Morgan fingerprint density at radius 3 is 1.44 bits per heavy atom. The number of ketones is 2. The van der Waals surface area contributed by atoms with Crippen LogP contribution in [-0.2, 0) is 5.60 Å². The molecule has 0 fully saturated rings. The molecule has 0 aliphatic heterocycles. The van der Waals surface area contributed by atoms with E-state index in [1.807, 2.05) is 108 Å². The van der Waals surface area contributed by atoms with E-state index in [1.54, 1.807) is 46.5 Å². The summed E-state index contributed by atoms with van der Waals surface area (Å²) in [6.45, 7) is 15.5. The molecule has 3 aromatic carbocycles. The summed E-state index contributed by atoms with van der Waals surface area (Å²) in [7, 11) is 21.1. The first-order valence-electron chi connectivity index (χ1n) is 18.9. The van der Waals surface area contributed by atoms with Gasteiger partial charge >= 0.3 is 23.1 Å². The van der Waals surface area contributed by atoms with Gasteiger partial charge in [-0.3, -0.25) is 19.4 Å². The van der Waals surface area contributed by atoms with E-state index < -0.39 is 5.60 Å². The van der Waals surface area contributed by atoms with Crippen LogP contribution in [0.5, 0.6) is 17.2 Å². The Balaban J connectivity index is -0.000000333. The van der Waals surface area contributed by atoms with Crippen molar-refractivity contribution in [1.29, 1.82) is 0 Å². The standard InChI is InChI=1S/C15H25NO2.C13H19NO2.C10H12O2.C5H14N2.C2H5.BrH.Mg/c1-6-15(17,12(2)11-16(3)4)13-8-7-9-14(10-13)18-5;1-10(9-14(2)3)13(15)11-6-5-7-12(8-11)16-4;1-3-10(11)8-5-4-6-9(7-8)12-2;1-6(2)5-7(3)4;1-2;;/h7-10,12,17H,6,11H2,1-5H3;5-8,10H,9H2,1-4H3;4-7H,3H2,1-2H3;5H2,1-4H3;1H2,2H3;1H;/q;;;;-1;;+2/p-1. The monoisotopic (exact) mass is 870 g/mol. The number of carbonyl (C=O) groups is 2. The van der Waals surface area contributed by atoms with Gasteiger partial charge < -0.3 is 53.0 Å². The predicted molar refractivity (Wildman–Crippen MR) is 237 cm³/mol. The van der Waals surface area contributed by atoms with E-state index in [0.29, 0.717) is 18.4 Å². The van der Waals surface area contributed by atoms with Crippen molar-refractivity contribution in [2.75, 3.05) is 97.5 Å². The number of hydrogen-bond acceptors (Lipinski definition) is 10. The van der Waals surface area contributed by atoms with Crippen LogP contribution in [0, 0.1) is 18.8 Å². The topological polar surface area (TPSA) is 95.0 Å². The van der Waals surface area contributed by atoms with E-state index in [4.69, 9.17) is 14.2 Å². The minimum absolute atomic E-state index is 0. The minimum atomic E-state index is -0.807. The van der Waals surface area contributed by atoms with Crippen LogP contribution in [0.2, 0.25) is 0 Å². The number of aliphatic hydroxyl groups is 1. The van der Waals surface area contributed by atoms with E-state index in [1.165, 1.54) is 0 Å². The molecule has 57 heavy (non-hydrogen) atoms. The van der Waals surface area contributed by atoms with Gasteiger partial charge in [-0.2, -0.15) is 6.92 Å². The predicted octanol–water partition coefficient (Wildman–Crippen LogP) is 4.38. The van der Waals surface area contributed by atoms with Gasteiger partial charge in [0.15, 0.2) is 11.6 Å². The molecule has 0 aliphatic rings. The zero-order valence-corrected chi connectivity index (χ0v) is 41.2. The summed E-state index contributed by atoms with van der Waals surface area (Å²) < 4.78 is 15.3. The van der Waals surface area contributed by atoms with Gasteiger partial charge in [-0.15, -0.1) is 0 Å². The summed E-state index contributed by atoms with van der Waals surface area (Å²) in [5.41, 5.74) is 1.56. The number of rotatable bonds is 16. The zero-order chi connectivity index (χ0) is 42.7. The van der Waals surface area contributed by atoms with E-state index >= 15 is 0 Å². The van der Waals surface area contributed by atoms with Crippen molar-refractivity contribution in [3.05, 3.63) is 96.4 Å². The second kappa shape index (κ2) is 34.3. The Kier molecular flexibility index (Phi) is 36.8. The molecule has 3 rings (SSSR count). The Morgan fingerprint density at radius 2 is 1.07 bits per heavy atom. The number of halogens is 1. The molecule has 12 heteroatoms. The SMILES string of the molecule is CCC(=O)c1cccc(OC)c1.CCC(O)(c1cccc(OC)c1)C(C)CN(C)C.CN(C)CN(C)C.COc1cccc(C(=O)C(C)CN(C)C)c1.[Br-].[CH2-]C.[Mg+2]. The van der Waals surface area contributed by atoms with Crippen LogP contribution in [0.1, 0.15) is 73.7 Å². The number of hydrogen-bond donors (Lipinski definition) is 1. The summed E-state index contributed by atoms with van der Waals surface area (Å²) in [4.78, 5) is 31.7. The maximum Gasteiger partial charge on any atom is 2.00 e. The molecule has 0 saturated carbocycles. The van der Waals surface area contributed by atoms with Gasteiger partial charge in [0.1, 0.15) is 17.2 Å². The molecule has 0 spiro atoms. The molecule has 0 bridgehead atoms. The van der Waals surface area contributed by atoms with Crippen molar-refractivity contribution in [2.45, 2.75) is 53.1 Å². The van der Waals surface area contributed by atoms with Crippen LogP contribution >= 0.6 is 0 Å². The van der Waals surface area contributed by atoms with Crippen molar-refractivity contribution in [3.63, 3.8) is 0 Å². The molecule has 3 atom stereocenters. The van der Waals surface area contributed by atoms with E-state index in [2.05, 4.69) is 56.7 Å². The maximum atomic E-state index is 12.1. The second-order valence-electron chi connectivity index (χ2n) is 14.2. The van der Waals surface area contributed by atoms with Crippen LogP contribution in [0.15, 0.2) is 72.8 Å². The summed E-state index contributed by atoms with van der Waals surface area (Å²) in [5.74, 6) is 2.71. The summed E-state index contributed by atoms with van der Waals surface area (Å²) in [6.07, 6.45) is 1.22. The van der Waals surface area contributed by atoms with Crippen LogP contribution in [0.25, 0.3) is 0 Å². The van der Waals surface area contributed by atoms with Gasteiger partial charge in [0.25, 0.3) is 0 Å². The Hall–Kier alpha value is -2.55. The molecule has 10 nitrogen and oxygen atoms in total. The Morgan fingerprint density at radius 1 is 0.667 bits per heavy atom. The number of carbonyl (C=O) groups excluding carboxylic acids is 2. The largest absolute Gasteiger partial charge is 2.00 e. The average Bonchev–Trinajstić information content (AvgIpc) is 3.17. The van der Waals surface area contributed by atoms with Crippen molar-refractivity contribution in [1.82, 2.24) is 19.6 Å². The molecule has 0 radical (unpaired) electrons. The number of benzene rings is 3. The van der Waals surface area contributed by atoms with Gasteiger partial charge in [-0.05, 0) is 105 Å². The third kappa shape index (κ3) is 25.5. The van der Waals surface area contributed by atoms with Crippen molar-refractivity contribution in [3.8, 4) is 17.2 Å². The van der Waals surface area contributed by atoms with Gasteiger partial charge in [-0.25, -0.2) is 0 Å². The average molecular weight is 872 g/mol. The molecular formula is C45H75BrMgN4O6. The number of ether oxygens (including phenoxy) is 3. The van der Waals surface area contributed by atoms with E-state index in [9.17, 15) is 14.7 Å². The number of methoxy groups -OCH3 is 3. The van der Waals surface area contributed by atoms with Crippen molar-refractivity contribution >= 4 is 34.6 Å². The smallest absolute Gasteiger partial charge is 1.00 e. The fraction of sp³-hybridized carbons (Fsp3) is 0.533. The Labute approximate surface area is 374 Å². The minimum Gasteiger partial charge on any atom is -1.00 e. The Bertz CT molecular complexity index is 1470. The van der Waals surface area contributed by atoms with E-state index in [-0.39, 0.29) is 63.4 Å². The third-order valence-electron chi connectivity index (χ3n) is 8.28. The third-order valence-corrected chi connectivity index (χ3v) is 8.28. The summed E-state index contributed by atoms with van der Waals surface area (Å²) in [5, 5.41) is 10.9. The zero-order valence-electron chi connectivity index (χ0n) is 38.2. The first-order chi connectivity index (χ1) is 25.9. The molecule has 3 aromatic rings. The molecule has 320 valence electrons. The van der Waals surface area contributed by atoms with Gasteiger partial charge in [0, 0.05) is 49.1 Å². The maximum absolute atomic E-state index is 12.1. The second-order valence-corrected chi connectivity index (χ2v) is 14.2. The summed E-state index contributed by atoms with van der Waals surface area (Å²) >= 11 is 0. The number of nitrogens with zero attached hydrogens (tertiary/aromatic N) is 4. The molecular weight excluding hydrogens is 797 g/mol. The van der Waals surface area contributed by atoms with E-state index in [0.717, 1.165) is 48.1 Å². The van der Waals surface area contributed by atoms with Crippen molar-refractivity contribution < 1.29 is 45.9 Å². The molecule has 1 N–H and O–H groups in total. The molecule has 0 amide bonds. The summed E-state index contributed by atoms with van der Waals surface area (Å²) in [6, 6.07) is 22.2. The van der Waals surface area contributed by atoms with Gasteiger partial charge in [-0.1, -0.05) is 64.1 Å². The fourth-order valence-electron chi connectivity index (χ4n) is 5.69. The van der Waals surface area contributed by atoms with Crippen LogP contribution in [-0.4, -0.2) is 157 Å². The quantitative estimate of drug-likeness (QED) is 0.0969. The first-order valence-corrected chi connectivity index (χ1v) is 18.9.